The monoisotopic (exact) mass is 487 g/mol. The molecule has 2 aliphatic heterocycles. The second kappa shape index (κ2) is 10.5. The molecule has 0 radical (unpaired) electrons. The summed E-state index contributed by atoms with van der Waals surface area (Å²) in [5.41, 5.74) is 5.51. The van der Waals surface area contributed by atoms with Crippen LogP contribution in [-0.2, 0) is 17.6 Å². The summed E-state index contributed by atoms with van der Waals surface area (Å²) in [5.74, 6) is 1.76. The van der Waals surface area contributed by atoms with Gasteiger partial charge in [0.05, 0.1) is 32.0 Å². The van der Waals surface area contributed by atoms with Crippen molar-refractivity contribution in [3.8, 4) is 22.8 Å². The number of carbonyl (C=O) groups is 1. The molecule has 2 aromatic carbocycles. The van der Waals surface area contributed by atoms with Crippen LogP contribution in [0.25, 0.3) is 11.3 Å². The Balaban J connectivity index is 1.44. The third-order valence-corrected chi connectivity index (χ3v) is 7.04. The zero-order chi connectivity index (χ0) is 25.1. The largest absolute Gasteiger partial charge is 0.493 e. The Morgan fingerprint density at radius 1 is 1.03 bits per heavy atom. The molecule has 0 bridgehead atoms. The first-order chi connectivity index (χ1) is 17.6. The van der Waals surface area contributed by atoms with E-state index < -0.39 is 0 Å². The predicted molar refractivity (Wildman–Crippen MR) is 141 cm³/mol. The molecule has 0 unspecified atom stereocenters. The van der Waals surface area contributed by atoms with E-state index in [4.69, 9.17) is 14.5 Å². The fourth-order valence-corrected chi connectivity index (χ4v) is 5.02. The van der Waals surface area contributed by atoms with Gasteiger partial charge < -0.3 is 24.6 Å². The summed E-state index contributed by atoms with van der Waals surface area (Å²) >= 11 is 0. The average molecular weight is 488 g/mol. The molecule has 1 aromatic heterocycles. The van der Waals surface area contributed by atoms with E-state index in [2.05, 4.69) is 33.4 Å². The standard InChI is InChI=1S/C28H33N5O3/c1-32-23-10-8-19(7-6-14-33-12-4-5-13-33)15-22(23)27-20(16-26(32)34)18-29-28(31-27)30-21-9-11-24(35-2)25(17-21)36-3/h8-11,15,17-18H,4-7,12-14,16H2,1-3H3,(H,29,30,31). The lowest BCUT2D eigenvalue weighted by Gasteiger charge is -2.19. The molecule has 1 amide bonds. The van der Waals surface area contributed by atoms with Gasteiger partial charge in [-0.15, -0.1) is 0 Å². The number of likely N-dealkylation sites (tertiary alicyclic amines) is 1. The molecule has 5 rings (SSSR count). The van der Waals surface area contributed by atoms with Gasteiger partial charge >= 0.3 is 0 Å². The van der Waals surface area contributed by atoms with Crippen molar-refractivity contribution < 1.29 is 14.3 Å². The van der Waals surface area contributed by atoms with E-state index in [0.717, 1.165) is 47.6 Å². The predicted octanol–water partition coefficient (Wildman–Crippen LogP) is 4.45. The van der Waals surface area contributed by atoms with Crippen LogP contribution in [0.4, 0.5) is 17.3 Å². The van der Waals surface area contributed by atoms with Crippen LogP contribution in [0.2, 0.25) is 0 Å². The number of amides is 1. The van der Waals surface area contributed by atoms with Crippen molar-refractivity contribution in [3.05, 3.63) is 53.7 Å². The van der Waals surface area contributed by atoms with Gasteiger partial charge in [-0.3, -0.25) is 4.79 Å². The summed E-state index contributed by atoms with van der Waals surface area (Å²) in [6.45, 7) is 3.57. The number of carbonyl (C=O) groups excluding carboxylic acids is 1. The normalized spacial score (nSPS) is 15.3. The molecule has 8 heteroatoms. The Morgan fingerprint density at radius 2 is 1.83 bits per heavy atom. The molecular formula is C28H33N5O3. The first-order valence-corrected chi connectivity index (χ1v) is 12.5. The quantitative estimate of drug-likeness (QED) is 0.503. The number of methoxy groups -OCH3 is 2. The molecule has 1 N–H and O–H groups in total. The number of ether oxygens (including phenoxy) is 2. The fraction of sp³-hybridized carbons (Fsp3) is 0.393. The fourth-order valence-electron chi connectivity index (χ4n) is 5.02. The number of fused-ring (bicyclic) bond motifs is 3. The van der Waals surface area contributed by atoms with E-state index in [1.807, 2.05) is 25.2 Å². The molecule has 0 saturated carbocycles. The molecular weight excluding hydrogens is 454 g/mol. The summed E-state index contributed by atoms with van der Waals surface area (Å²) in [4.78, 5) is 26.5. The number of aryl methyl sites for hydroxylation is 1. The maximum absolute atomic E-state index is 12.9. The molecule has 1 saturated heterocycles. The van der Waals surface area contributed by atoms with Crippen LogP contribution in [0.5, 0.6) is 11.5 Å². The summed E-state index contributed by atoms with van der Waals surface area (Å²) < 4.78 is 10.8. The molecule has 3 heterocycles. The molecule has 8 nitrogen and oxygen atoms in total. The van der Waals surface area contributed by atoms with Gasteiger partial charge in [0.1, 0.15) is 0 Å². The number of aromatic nitrogens is 2. The summed E-state index contributed by atoms with van der Waals surface area (Å²) in [6.07, 6.45) is 6.77. The number of benzene rings is 2. The first kappa shape index (κ1) is 24.1. The van der Waals surface area contributed by atoms with Gasteiger partial charge in [-0.1, -0.05) is 6.07 Å². The zero-order valence-corrected chi connectivity index (χ0v) is 21.2. The van der Waals surface area contributed by atoms with Crippen molar-refractivity contribution in [3.63, 3.8) is 0 Å². The van der Waals surface area contributed by atoms with Gasteiger partial charge in [0.2, 0.25) is 11.9 Å². The van der Waals surface area contributed by atoms with Crippen molar-refractivity contribution in [1.82, 2.24) is 14.9 Å². The number of hydrogen-bond donors (Lipinski definition) is 1. The second-order valence-electron chi connectivity index (χ2n) is 9.40. The van der Waals surface area contributed by atoms with E-state index in [9.17, 15) is 4.79 Å². The second-order valence-corrected chi connectivity index (χ2v) is 9.40. The minimum Gasteiger partial charge on any atom is -0.493 e. The molecule has 3 aromatic rings. The third kappa shape index (κ3) is 4.99. The lowest BCUT2D eigenvalue weighted by atomic mass is 10.00. The van der Waals surface area contributed by atoms with Gasteiger partial charge in [0.25, 0.3) is 0 Å². The molecule has 188 valence electrons. The summed E-state index contributed by atoms with van der Waals surface area (Å²) in [5, 5.41) is 3.27. The van der Waals surface area contributed by atoms with Crippen molar-refractivity contribution in [1.29, 1.82) is 0 Å². The zero-order valence-electron chi connectivity index (χ0n) is 21.2. The van der Waals surface area contributed by atoms with Gasteiger partial charge in [-0.25, -0.2) is 9.97 Å². The maximum atomic E-state index is 12.9. The van der Waals surface area contributed by atoms with Crippen LogP contribution in [0.15, 0.2) is 42.6 Å². The molecule has 0 aliphatic carbocycles. The van der Waals surface area contributed by atoms with Gasteiger partial charge in [0.15, 0.2) is 11.5 Å². The number of anilines is 3. The van der Waals surface area contributed by atoms with Gasteiger partial charge in [-0.05, 0) is 75.1 Å². The highest BCUT2D eigenvalue weighted by Gasteiger charge is 2.25. The Labute approximate surface area is 212 Å². The highest BCUT2D eigenvalue weighted by atomic mass is 16.5. The van der Waals surface area contributed by atoms with Gasteiger partial charge in [-0.2, -0.15) is 0 Å². The summed E-state index contributed by atoms with van der Waals surface area (Å²) in [6, 6.07) is 12.0. The van der Waals surface area contributed by atoms with Crippen LogP contribution in [0.1, 0.15) is 30.4 Å². The first-order valence-electron chi connectivity index (χ1n) is 12.5. The Hall–Kier alpha value is -3.65. The smallest absolute Gasteiger partial charge is 0.231 e. The van der Waals surface area contributed by atoms with Crippen LogP contribution in [0.3, 0.4) is 0 Å². The minimum absolute atomic E-state index is 0.0287. The lowest BCUT2D eigenvalue weighted by molar-refractivity contribution is -0.117. The van der Waals surface area contributed by atoms with Crippen LogP contribution in [0, 0.1) is 0 Å². The van der Waals surface area contributed by atoms with Crippen molar-refractivity contribution in [2.24, 2.45) is 0 Å². The van der Waals surface area contributed by atoms with E-state index in [1.54, 1.807) is 25.3 Å². The lowest BCUT2D eigenvalue weighted by Crippen LogP contribution is -2.26. The molecule has 0 spiro atoms. The van der Waals surface area contributed by atoms with Crippen LogP contribution >= 0.6 is 0 Å². The number of likely N-dealkylation sites (N-methyl/N-ethyl adjacent to an activating group) is 1. The number of hydrogen-bond acceptors (Lipinski definition) is 7. The number of nitrogens with one attached hydrogen (secondary N) is 1. The van der Waals surface area contributed by atoms with Gasteiger partial charge in [0, 0.05) is 36.1 Å². The topological polar surface area (TPSA) is 79.8 Å². The number of rotatable bonds is 8. The Kier molecular flexibility index (Phi) is 7.04. The van der Waals surface area contributed by atoms with E-state index in [1.165, 1.54) is 31.5 Å². The highest BCUT2D eigenvalue weighted by molar-refractivity contribution is 6.01. The molecule has 1 fully saturated rings. The highest BCUT2D eigenvalue weighted by Crippen LogP contribution is 2.37. The molecule has 36 heavy (non-hydrogen) atoms. The SMILES string of the molecule is COc1ccc(Nc2ncc3c(n2)-c2cc(CCCN4CCCC4)ccc2N(C)C(=O)C3)cc1OC. The van der Waals surface area contributed by atoms with Crippen molar-refractivity contribution in [2.75, 3.05) is 51.1 Å². The van der Waals surface area contributed by atoms with Crippen molar-refractivity contribution in [2.45, 2.75) is 32.1 Å². The van der Waals surface area contributed by atoms with Crippen LogP contribution < -0.4 is 19.7 Å². The third-order valence-electron chi connectivity index (χ3n) is 7.04. The van der Waals surface area contributed by atoms with Crippen molar-refractivity contribution >= 4 is 23.2 Å². The van der Waals surface area contributed by atoms with E-state index in [0.29, 0.717) is 17.4 Å². The minimum atomic E-state index is 0.0287. The Morgan fingerprint density at radius 3 is 2.61 bits per heavy atom. The average Bonchev–Trinajstić information content (AvgIpc) is 3.39. The summed E-state index contributed by atoms with van der Waals surface area (Å²) in [7, 11) is 5.04. The number of nitrogens with zero attached hydrogens (tertiary/aromatic N) is 4. The molecule has 2 aliphatic rings. The Bertz CT molecular complexity index is 1260. The molecule has 0 atom stereocenters. The maximum Gasteiger partial charge on any atom is 0.231 e. The van der Waals surface area contributed by atoms with E-state index >= 15 is 0 Å². The van der Waals surface area contributed by atoms with Crippen LogP contribution in [-0.4, -0.2) is 61.7 Å². The van der Waals surface area contributed by atoms with E-state index in [-0.39, 0.29) is 12.3 Å².